The van der Waals surface area contributed by atoms with Crippen molar-refractivity contribution < 1.29 is 9.31 Å². The van der Waals surface area contributed by atoms with E-state index in [9.17, 15) is 0 Å². The van der Waals surface area contributed by atoms with Gasteiger partial charge in [-0.15, -0.1) is 0 Å². The first-order valence-corrected chi connectivity index (χ1v) is 11.9. The van der Waals surface area contributed by atoms with E-state index in [1.807, 2.05) is 0 Å². The number of rotatable bonds is 6. The quantitative estimate of drug-likeness (QED) is 0.358. The van der Waals surface area contributed by atoms with Gasteiger partial charge in [0.1, 0.15) is 0 Å². The molecule has 168 valence electrons. The maximum atomic E-state index is 6.34. The predicted octanol–water partition coefficient (Wildman–Crippen LogP) is 5.77. The average molecular weight is 437 g/mol. The number of aromatic nitrogens is 1. The third kappa shape index (κ3) is 4.38. The van der Waals surface area contributed by atoms with Crippen LogP contribution < -0.4 is 5.46 Å². The Morgan fingerprint density at radius 3 is 1.94 bits per heavy atom. The third-order valence-corrected chi connectivity index (χ3v) is 7.24. The minimum Gasteiger partial charge on any atom is -0.399 e. The first kappa shape index (κ1) is 22.0. The standard InChI is InChI=1S/C29H32BNO2/c1-28(2)29(3,4)33-30(32-28)25-17-16-24-19-26(18-15-22-11-7-5-8-12-22)31(27(24)20-25)21-23-13-9-6-10-14-23/h5-14,16-17,19-20H,15,18,21H2,1-4H3. The average Bonchev–Trinajstić information content (AvgIpc) is 3.25. The topological polar surface area (TPSA) is 23.4 Å². The Balaban J connectivity index is 1.52. The molecule has 2 heterocycles. The van der Waals surface area contributed by atoms with Crippen molar-refractivity contribution in [3.63, 3.8) is 0 Å². The van der Waals surface area contributed by atoms with E-state index in [2.05, 4.69) is 117 Å². The molecule has 0 atom stereocenters. The Morgan fingerprint density at radius 1 is 0.697 bits per heavy atom. The Kier molecular flexibility index (Phi) is 5.68. The molecule has 0 N–H and O–H groups in total. The van der Waals surface area contributed by atoms with Crippen molar-refractivity contribution in [2.24, 2.45) is 0 Å². The maximum absolute atomic E-state index is 6.34. The van der Waals surface area contributed by atoms with Gasteiger partial charge in [0.15, 0.2) is 0 Å². The summed E-state index contributed by atoms with van der Waals surface area (Å²) < 4.78 is 15.1. The molecule has 0 aliphatic carbocycles. The van der Waals surface area contributed by atoms with Crippen LogP contribution in [0.15, 0.2) is 84.9 Å². The van der Waals surface area contributed by atoms with Crippen LogP contribution in [0, 0.1) is 0 Å². The fraction of sp³-hybridized carbons (Fsp3) is 0.310. The van der Waals surface area contributed by atoms with Gasteiger partial charge in [0.2, 0.25) is 0 Å². The summed E-state index contributed by atoms with van der Waals surface area (Å²) in [6.45, 7) is 9.26. The lowest BCUT2D eigenvalue weighted by Crippen LogP contribution is -2.41. The van der Waals surface area contributed by atoms with Crippen LogP contribution in [-0.4, -0.2) is 22.9 Å². The van der Waals surface area contributed by atoms with Gasteiger partial charge in [-0.3, -0.25) is 0 Å². The van der Waals surface area contributed by atoms with E-state index < -0.39 is 0 Å². The zero-order chi connectivity index (χ0) is 23.1. The Bertz CT molecular complexity index is 1230. The van der Waals surface area contributed by atoms with Crippen molar-refractivity contribution in [2.75, 3.05) is 0 Å². The smallest absolute Gasteiger partial charge is 0.399 e. The van der Waals surface area contributed by atoms with Gasteiger partial charge in [0.25, 0.3) is 0 Å². The molecule has 1 fully saturated rings. The molecule has 0 saturated carbocycles. The number of nitrogens with zero attached hydrogens (tertiary/aromatic N) is 1. The number of hydrogen-bond donors (Lipinski definition) is 0. The maximum Gasteiger partial charge on any atom is 0.494 e. The van der Waals surface area contributed by atoms with E-state index in [4.69, 9.17) is 9.31 Å². The van der Waals surface area contributed by atoms with Gasteiger partial charge in [-0.1, -0.05) is 72.8 Å². The van der Waals surface area contributed by atoms with Crippen molar-refractivity contribution in [3.05, 3.63) is 102 Å². The third-order valence-electron chi connectivity index (χ3n) is 7.24. The molecule has 0 bridgehead atoms. The summed E-state index contributed by atoms with van der Waals surface area (Å²) in [5.41, 5.74) is 5.63. The second-order valence-electron chi connectivity index (χ2n) is 10.1. The Hall–Kier alpha value is -2.82. The zero-order valence-corrected chi connectivity index (χ0v) is 20.0. The molecule has 3 nitrogen and oxygen atoms in total. The van der Waals surface area contributed by atoms with Crippen LogP contribution in [0.5, 0.6) is 0 Å². The largest absolute Gasteiger partial charge is 0.494 e. The van der Waals surface area contributed by atoms with Gasteiger partial charge < -0.3 is 13.9 Å². The lowest BCUT2D eigenvalue weighted by Gasteiger charge is -2.32. The van der Waals surface area contributed by atoms with Crippen LogP contribution in [0.2, 0.25) is 0 Å². The summed E-state index contributed by atoms with van der Waals surface area (Å²) in [6, 6.07) is 30.4. The summed E-state index contributed by atoms with van der Waals surface area (Å²) in [5, 5.41) is 1.26. The first-order chi connectivity index (χ1) is 15.8. The minimum absolute atomic E-state index is 0.348. The van der Waals surface area contributed by atoms with E-state index in [1.165, 1.54) is 27.7 Å². The van der Waals surface area contributed by atoms with Crippen molar-refractivity contribution in [3.8, 4) is 0 Å². The highest BCUT2D eigenvalue weighted by molar-refractivity contribution is 6.62. The molecule has 0 unspecified atom stereocenters. The molecule has 1 aromatic heterocycles. The molecular formula is C29H32BNO2. The van der Waals surface area contributed by atoms with Crippen LogP contribution >= 0.6 is 0 Å². The van der Waals surface area contributed by atoms with E-state index >= 15 is 0 Å². The molecule has 1 aliphatic rings. The molecule has 0 radical (unpaired) electrons. The monoisotopic (exact) mass is 437 g/mol. The zero-order valence-electron chi connectivity index (χ0n) is 20.0. The van der Waals surface area contributed by atoms with Crippen LogP contribution in [0.4, 0.5) is 0 Å². The summed E-state index contributed by atoms with van der Waals surface area (Å²) in [7, 11) is -0.354. The van der Waals surface area contributed by atoms with Gasteiger partial charge in [-0.25, -0.2) is 0 Å². The van der Waals surface area contributed by atoms with Gasteiger partial charge in [0.05, 0.1) is 11.2 Å². The minimum atomic E-state index is -0.354. The lowest BCUT2D eigenvalue weighted by atomic mass is 9.79. The van der Waals surface area contributed by atoms with E-state index in [1.54, 1.807) is 0 Å². The molecule has 4 aromatic rings. The highest BCUT2D eigenvalue weighted by Crippen LogP contribution is 2.36. The number of fused-ring (bicyclic) bond motifs is 1. The highest BCUT2D eigenvalue weighted by atomic mass is 16.7. The Morgan fingerprint density at radius 2 is 1.30 bits per heavy atom. The molecule has 5 rings (SSSR count). The summed E-state index contributed by atoms with van der Waals surface area (Å²) in [4.78, 5) is 0. The van der Waals surface area contributed by atoms with Gasteiger partial charge in [-0.2, -0.15) is 0 Å². The molecule has 4 heteroatoms. The van der Waals surface area contributed by atoms with Crippen LogP contribution in [0.3, 0.4) is 0 Å². The second kappa shape index (κ2) is 8.51. The van der Waals surface area contributed by atoms with Gasteiger partial charge in [0, 0.05) is 17.8 Å². The fourth-order valence-corrected chi connectivity index (χ4v) is 4.53. The SMILES string of the molecule is CC1(C)OB(c2ccc3cc(CCc4ccccc4)n(Cc4ccccc4)c3c2)OC1(C)C. The van der Waals surface area contributed by atoms with Crippen LogP contribution in [0.25, 0.3) is 10.9 Å². The van der Waals surface area contributed by atoms with Crippen molar-refractivity contribution in [2.45, 2.75) is 58.3 Å². The molecule has 0 amide bonds. The summed E-state index contributed by atoms with van der Waals surface area (Å²) in [6.07, 6.45) is 2.02. The Labute approximate surface area is 197 Å². The molecule has 3 aromatic carbocycles. The molecular weight excluding hydrogens is 405 g/mol. The number of hydrogen-bond acceptors (Lipinski definition) is 2. The number of aryl methyl sites for hydroxylation is 2. The fourth-order valence-electron chi connectivity index (χ4n) is 4.53. The van der Waals surface area contributed by atoms with Gasteiger partial charge in [-0.05, 0) is 74.6 Å². The highest BCUT2D eigenvalue weighted by Gasteiger charge is 2.51. The van der Waals surface area contributed by atoms with E-state index in [-0.39, 0.29) is 18.3 Å². The summed E-state index contributed by atoms with van der Waals surface area (Å²) in [5.74, 6) is 0. The van der Waals surface area contributed by atoms with Crippen molar-refractivity contribution in [1.29, 1.82) is 0 Å². The van der Waals surface area contributed by atoms with Crippen LogP contribution in [-0.2, 0) is 28.7 Å². The molecule has 33 heavy (non-hydrogen) atoms. The first-order valence-electron chi connectivity index (χ1n) is 11.9. The van der Waals surface area contributed by atoms with E-state index in [0.29, 0.717) is 0 Å². The molecule has 0 spiro atoms. The van der Waals surface area contributed by atoms with Crippen LogP contribution in [0.1, 0.15) is 44.5 Å². The molecule has 1 saturated heterocycles. The number of benzene rings is 3. The van der Waals surface area contributed by atoms with Gasteiger partial charge >= 0.3 is 7.12 Å². The van der Waals surface area contributed by atoms with Crippen molar-refractivity contribution >= 4 is 23.5 Å². The molecule has 1 aliphatic heterocycles. The van der Waals surface area contributed by atoms with E-state index in [0.717, 1.165) is 24.8 Å². The second-order valence-corrected chi connectivity index (χ2v) is 10.1. The predicted molar refractivity (Wildman–Crippen MR) is 137 cm³/mol. The summed E-state index contributed by atoms with van der Waals surface area (Å²) >= 11 is 0. The van der Waals surface area contributed by atoms with Crippen molar-refractivity contribution in [1.82, 2.24) is 4.57 Å². The normalized spacial score (nSPS) is 17.0. The lowest BCUT2D eigenvalue weighted by molar-refractivity contribution is 0.00578.